The molecular weight excluding hydrogens is 529 g/mol. The first kappa shape index (κ1) is 23.7. The van der Waals surface area contributed by atoms with Gasteiger partial charge in [-0.05, 0) is 38.3 Å². The molecule has 0 aromatic carbocycles. The van der Waals surface area contributed by atoms with Crippen LogP contribution < -0.4 is 10.6 Å². The summed E-state index contributed by atoms with van der Waals surface area (Å²) in [5.41, 5.74) is 7.53. The van der Waals surface area contributed by atoms with Crippen LogP contribution in [0.15, 0.2) is 21.9 Å². The molecule has 2 aromatic heterocycles. The van der Waals surface area contributed by atoms with Gasteiger partial charge in [-0.25, -0.2) is 9.97 Å². The molecule has 2 aromatic rings. The van der Waals surface area contributed by atoms with Crippen LogP contribution in [0, 0.1) is 5.92 Å². The molecule has 2 fully saturated rings. The van der Waals surface area contributed by atoms with E-state index in [-0.39, 0.29) is 24.0 Å². The maximum Gasteiger partial charge on any atom is 0.191 e. The van der Waals surface area contributed by atoms with Gasteiger partial charge in [-0.1, -0.05) is 6.92 Å². The zero-order chi connectivity index (χ0) is 20.1. The van der Waals surface area contributed by atoms with Crippen LogP contribution in [0.25, 0.3) is 0 Å². The van der Waals surface area contributed by atoms with E-state index in [2.05, 4.69) is 32.0 Å². The molecule has 0 atom stereocenters. The van der Waals surface area contributed by atoms with Gasteiger partial charge in [-0.15, -0.1) is 46.7 Å². The van der Waals surface area contributed by atoms with Crippen molar-refractivity contribution in [2.75, 3.05) is 50.7 Å². The van der Waals surface area contributed by atoms with E-state index < -0.39 is 0 Å². The number of piperazine rings is 1. The smallest absolute Gasteiger partial charge is 0.191 e. The quantitative estimate of drug-likeness (QED) is 0.332. The Bertz CT molecular complexity index is 779. The Morgan fingerprint density at radius 1 is 1.17 bits per heavy atom. The molecule has 10 heteroatoms. The Balaban J connectivity index is 0.00000256. The second-order valence-electron chi connectivity index (χ2n) is 7.79. The summed E-state index contributed by atoms with van der Waals surface area (Å²) in [5.74, 6) is 1.35. The van der Waals surface area contributed by atoms with Crippen LogP contribution in [0.3, 0.4) is 0 Å². The fraction of sp³-hybridized carbons (Fsp3) is 0.650. The number of nitrogens with two attached hydrogens (primary N) is 1. The number of aryl methyl sites for hydroxylation is 1. The number of halogens is 1. The highest BCUT2D eigenvalue weighted by atomic mass is 127. The van der Waals surface area contributed by atoms with Crippen LogP contribution in [0.1, 0.15) is 30.5 Å². The molecule has 30 heavy (non-hydrogen) atoms. The van der Waals surface area contributed by atoms with E-state index in [1.54, 1.807) is 22.7 Å². The lowest BCUT2D eigenvalue weighted by atomic mass is 9.97. The Kier molecular flexibility index (Phi) is 9.14. The number of hydrogen-bond acceptors (Lipinski definition) is 7. The molecule has 0 amide bonds. The van der Waals surface area contributed by atoms with Gasteiger partial charge in [-0.3, -0.25) is 9.89 Å². The molecule has 7 nitrogen and oxygen atoms in total. The molecule has 4 heterocycles. The van der Waals surface area contributed by atoms with E-state index in [1.165, 1.54) is 23.5 Å². The van der Waals surface area contributed by atoms with Gasteiger partial charge in [0.2, 0.25) is 0 Å². The number of aromatic nitrogens is 2. The summed E-state index contributed by atoms with van der Waals surface area (Å²) >= 11 is 3.48. The second-order valence-corrected chi connectivity index (χ2v) is 9.61. The highest BCUT2D eigenvalue weighted by molar-refractivity contribution is 14.0. The maximum absolute atomic E-state index is 6.30. The van der Waals surface area contributed by atoms with E-state index >= 15 is 0 Å². The van der Waals surface area contributed by atoms with Crippen LogP contribution >= 0.6 is 46.7 Å². The Morgan fingerprint density at radius 2 is 1.93 bits per heavy atom. The van der Waals surface area contributed by atoms with Gasteiger partial charge in [0.15, 0.2) is 11.1 Å². The van der Waals surface area contributed by atoms with Crippen LogP contribution in [0.2, 0.25) is 0 Å². The molecule has 0 unspecified atom stereocenters. The number of aliphatic imine (C=N–C) groups is 1. The first-order valence-electron chi connectivity index (χ1n) is 10.6. The van der Waals surface area contributed by atoms with Gasteiger partial charge in [0.25, 0.3) is 0 Å². The van der Waals surface area contributed by atoms with Crippen molar-refractivity contribution in [2.45, 2.75) is 32.7 Å². The molecular formula is C20H32IN7S2. The second kappa shape index (κ2) is 11.6. The minimum atomic E-state index is 0. The lowest BCUT2D eigenvalue weighted by molar-refractivity contribution is 0.179. The third-order valence-corrected chi connectivity index (χ3v) is 7.67. The molecule has 0 aliphatic carbocycles. The van der Waals surface area contributed by atoms with Crippen LogP contribution in [-0.4, -0.2) is 71.5 Å². The lowest BCUT2D eigenvalue weighted by Gasteiger charge is -2.35. The van der Waals surface area contributed by atoms with Gasteiger partial charge in [0.1, 0.15) is 0 Å². The number of rotatable bonds is 6. The van der Waals surface area contributed by atoms with Crippen molar-refractivity contribution >= 4 is 57.7 Å². The predicted octanol–water partition coefficient (Wildman–Crippen LogP) is 3.13. The first-order chi connectivity index (χ1) is 14.2. The fourth-order valence-electron chi connectivity index (χ4n) is 3.96. The highest BCUT2D eigenvalue weighted by Gasteiger charge is 2.22. The average Bonchev–Trinajstić information content (AvgIpc) is 3.45. The van der Waals surface area contributed by atoms with E-state index in [0.29, 0.717) is 11.9 Å². The van der Waals surface area contributed by atoms with Crippen molar-refractivity contribution in [1.82, 2.24) is 19.8 Å². The summed E-state index contributed by atoms with van der Waals surface area (Å²) in [4.78, 5) is 20.9. The third kappa shape index (κ3) is 6.27. The Morgan fingerprint density at radius 3 is 2.57 bits per heavy atom. The topological polar surface area (TPSA) is 73.9 Å². The van der Waals surface area contributed by atoms with E-state index in [1.807, 2.05) is 11.6 Å². The molecule has 2 aliphatic rings. The van der Waals surface area contributed by atoms with Crippen LogP contribution in [-0.2, 0) is 13.0 Å². The SMILES string of the molecule is CCc1nc(CN2CCC(CN=C(N)N3CCN(c4nccs4)CC3)CC2)cs1.I. The molecule has 166 valence electrons. The molecule has 0 radical (unpaired) electrons. The predicted molar refractivity (Wildman–Crippen MR) is 137 cm³/mol. The normalized spacial score (nSPS) is 19.2. The summed E-state index contributed by atoms with van der Waals surface area (Å²) in [6.45, 7) is 10.0. The molecule has 2 saturated heterocycles. The Labute approximate surface area is 204 Å². The average molecular weight is 562 g/mol. The minimum Gasteiger partial charge on any atom is -0.370 e. The summed E-state index contributed by atoms with van der Waals surface area (Å²) in [6, 6.07) is 0. The van der Waals surface area contributed by atoms with Gasteiger partial charge in [0, 0.05) is 56.2 Å². The van der Waals surface area contributed by atoms with Crippen LogP contribution in [0.5, 0.6) is 0 Å². The number of anilines is 1. The number of thiazole rings is 2. The molecule has 0 saturated carbocycles. The monoisotopic (exact) mass is 561 g/mol. The van der Waals surface area contributed by atoms with Gasteiger partial charge >= 0.3 is 0 Å². The highest BCUT2D eigenvalue weighted by Crippen LogP contribution is 2.21. The lowest BCUT2D eigenvalue weighted by Crippen LogP contribution is -2.51. The first-order valence-corrected chi connectivity index (χ1v) is 12.3. The van der Waals surface area contributed by atoms with Gasteiger partial charge < -0.3 is 15.5 Å². The van der Waals surface area contributed by atoms with Crippen molar-refractivity contribution in [3.63, 3.8) is 0 Å². The fourth-order valence-corrected chi connectivity index (χ4v) is 5.39. The number of likely N-dealkylation sites (tertiary alicyclic amines) is 1. The maximum atomic E-state index is 6.30. The standard InChI is InChI=1S/C20H31N7S2.HI/c1-2-18-24-17(15-29-18)14-25-6-3-16(4-7-25)13-23-19(21)26-8-10-27(11-9-26)20-22-5-12-28-20;/h5,12,15-16H,2-4,6-11,13-14H2,1H3,(H2,21,23);1H. The Hall–Kier alpha value is -0.980. The summed E-state index contributed by atoms with van der Waals surface area (Å²) in [5, 5.41) is 6.59. The zero-order valence-corrected chi connectivity index (χ0v) is 21.5. The number of nitrogens with zero attached hydrogens (tertiary/aromatic N) is 6. The van der Waals surface area contributed by atoms with Crippen molar-refractivity contribution < 1.29 is 0 Å². The van der Waals surface area contributed by atoms with E-state index in [9.17, 15) is 0 Å². The van der Waals surface area contributed by atoms with Crippen molar-refractivity contribution in [3.05, 3.63) is 27.7 Å². The molecule has 0 spiro atoms. The number of guanidine groups is 1. The summed E-state index contributed by atoms with van der Waals surface area (Å²) in [6.07, 6.45) is 5.29. The largest absolute Gasteiger partial charge is 0.370 e. The van der Waals surface area contributed by atoms with Gasteiger partial charge in [0.05, 0.1) is 10.7 Å². The van der Waals surface area contributed by atoms with Crippen molar-refractivity contribution in [3.8, 4) is 0 Å². The minimum absolute atomic E-state index is 0. The van der Waals surface area contributed by atoms with E-state index in [4.69, 9.17) is 15.7 Å². The van der Waals surface area contributed by atoms with E-state index in [0.717, 1.165) is 63.9 Å². The molecule has 2 aliphatic heterocycles. The number of piperidine rings is 1. The molecule has 0 bridgehead atoms. The summed E-state index contributed by atoms with van der Waals surface area (Å²) < 4.78 is 0. The third-order valence-electron chi connectivity index (χ3n) is 5.80. The molecule has 4 rings (SSSR count). The van der Waals surface area contributed by atoms with Crippen molar-refractivity contribution in [1.29, 1.82) is 0 Å². The summed E-state index contributed by atoms with van der Waals surface area (Å²) in [7, 11) is 0. The zero-order valence-electron chi connectivity index (χ0n) is 17.6. The van der Waals surface area contributed by atoms with Crippen LogP contribution in [0.4, 0.5) is 5.13 Å². The number of hydrogen-bond donors (Lipinski definition) is 1. The van der Waals surface area contributed by atoms with Gasteiger partial charge in [-0.2, -0.15) is 0 Å². The van der Waals surface area contributed by atoms with Crippen molar-refractivity contribution in [2.24, 2.45) is 16.6 Å². The molecule has 2 N–H and O–H groups in total.